The van der Waals surface area contributed by atoms with Gasteiger partial charge < -0.3 is 10.1 Å². The van der Waals surface area contributed by atoms with Gasteiger partial charge in [0.05, 0.1) is 12.8 Å². The van der Waals surface area contributed by atoms with Crippen LogP contribution in [0.15, 0.2) is 60.8 Å². The third kappa shape index (κ3) is 5.40. The minimum atomic E-state index is -0.521. The number of aromatic nitrogens is 1. The lowest BCUT2D eigenvalue weighted by Gasteiger charge is -2.10. The number of nitrogens with one attached hydrogen (secondary N) is 2. The molecular formula is C21H21N3O3S. The van der Waals surface area contributed by atoms with E-state index in [2.05, 4.69) is 15.6 Å². The van der Waals surface area contributed by atoms with Gasteiger partial charge in [0.15, 0.2) is 0 Å². The molecule has 144 valence electrons. The summed E-state index contributed by atoms with van der Waals surface area (Å²) in [5.41, 5.74) is 2.08. The molecule has 2 N–H and O–H groups in total. The van der Waals surface area contributed by atoms with Crippen molar-refractivity contribution in [3.8, 4) is 10.6 Å². The van der Waals surface area contributed by atoms with Crippen LogP contribution in [0.5, 0.6) is 0 Å². The second kappa shape index (κ2) is 9.14. The van der Waals surface area contributed by atoms with Crippen LogP contribution in [-0.2, 0) is 4.74 Å². The number of carbonyl (C=O) groups is 2. The first kappa shape index (κ1) is 19.6. The summed E-state index contributed by atoms with van der Waals surface area (Å²) in [7, 11) is 0. The van der Waals surface area contributed by atoms with E-state index in [4.69, 9.17) is 4.74 Å². The molecule has 3 rings (SSSR count). The summed E-state index contributed by atoms with van der Waals surface area (Å²) in [5, 5.41) is 6.27. The van der Waals surface area contributed by atoms with Crippen molar-refractivity contribution in [1.29, 1.82) is 0 Å². The molecule has 2 amide bonds. The molecule has 0 radical (unpaired) electrons. The molecule has 7 heteroatoms. The van der Waals surface area contributed by atoms with Gasteiger partial charge in [-0.25, -0.2) is 9.78 Å². The van der Waals surface area contributed by atoms with Gasteiger partial charge in [0.25, 0.3) is 5.91 Å². The van der Waals surface area contributed by atoms with Gasteiger partial charge in [-0.1, -0.05) is 50.2 Å². The lowest BCUT2D eigenvalue weighted by Crippen LogP contribution is -2.17. The van der Waals surface area contributed by atoms with Crippen molar-refractivity contribution in [2.75, 3.05) is 17.2 Å². The number of hydrogen-bond acceptors (Lipinski definition) is 5. The average molecular weight is 395 g/mol. The Labute approximate surface area is 167 Å². The van der Waals surface area contributed by atoms with Crippen molar-refractivity contribution in [3.05, 3.63) is 65.7 Å². The van der Waals surface area contributed by atoms with Crippen molar-refractivity contribution in [1.82, 2.24) is 4.98 Å². The molecule has 0 aliphatic rings. The van der Waals surface area contributed by atoms with E-state index in [1.807, 2.05) is 44.2 Å². The standard InChI is InChI=1S/C21H21N3O3S/c1-14(2)13-27-21(26)24-17-10-6-9-16(11-17)23-19(25)18-12-22-20(28-18)15-7-4-3-5-8-15/h3-12,14H,13H2,1-2H3,(H,23,25)(H,24,26). The number of benzene rings is 2. The summed E-state index contributed by atoms with van der Waals surface area (Å²) >= 11 is 1.32. The highest BCUT2D eigenvalue weighted by atomic mass is 32.1. The molecule has 0 atom stereocenters. The Bertz CT molecular complexity index is 954. The lowest BCUT2D eigenvalue weighted by atomic mass is 10.2. The van der Waals surface area contributed by atoms with Crippen LogP contribution in [0, 0.1) is 5.92 Å². The molecule has 0 aliphatic carbocycles. The predicted molar refractivity (Wildman–Crippen MR) is 112 cm³/mol. The number of rotatable bonds is 6. The monoisotopic (exact) mass is 395 g/mol. The fourth-order valence-corrected chi connectivity index (χ4v) is 3.17. The van der Waals surface area contributed by atoms with Gasteiger partial charge in [0, 0.05) is 16.9 Å². The van der Waals surface area contributed by atoms with E-state index in [0.29, 0.717) is 22.9 Å². The maximum atomic E-state index is 12.5. The minimum absolute atomic E-state index is 0.251. The molecule has 1 heterocycles. The van der Waals surface area contributed by atoms with Crippen LogP contribution >= 0.6 is 11.3 Å². The molecule has 28 heavy (non-hydrogen) atoms. The zero-order chi connectivity index (χ0) is 19.9. The normalized spacial score (nSPS) is 10.5. The van der Waals surface area contributed by atoms with Crippen molar-refractivity contribution < 1.29 is 14.3 Å². The second-order valence-electron chi connectivity index (χ2n) is 6.55. The number of amides is 2. The van der Waals surface area contributed by atoms with E-state index in [1.165, 1.54) is 11.3 Å². The molecule has 0 aliphatic heterocycles. The third-order valence-corrected chi connectivity index (χ3v) is 4.71. The van der Waals surface area contributed by atoms with Gasteiger partial charge in [0.1, 0.15) is 9.88 Å². The number of nitrogens with zero attached hydrogens (tertiary/aromatic N) is 1. The number of thiazole rings is 1. The Morgan fingerprint density at radius 1 is 1.04 bits per heavy atom. The van der Waals surface area contributed by atoms with Crippen molar-refractivity contribution in [2.45, 2.75) is 13.8 Å². The number of hydrogen-bond donors (Lipinski definition) is 2. The smallest absolute Gasteiger partial charge is 0.411 e. The molecule has 0 fully saturated rings. The van der Waals surface area contributed by atoms with E-state index in [-0.39, 0.29) is 11.8 Å². The first-order valence-electron chi connectivity index (χ1n) is 8.87. The van der Waals surface area contributed by atoms with Crippen LogP contribution in [0.25, 0.3) is 10.6 Å². The van der Waals surface area contributed by atoms with Crippen LogP contribution in [0.3, 0.4) is 0 Å². The first-order chi connectivity index (χ1) is 13.5. The molecule has 0 spiro atoms. The van der Waals surface area contributed by atoms with Crippen LogP contribution in [0.1, 0.15) is 23.5 Å². The molecule has 0 bridgehead atoms. The average Bonchev–Trinajstić information content (AvgIpc) is 3.18. The third-order valence-electron chi connectivity index (χ3n) is 3.66. The summed E-state index contributed by atoms with van der Waals surface area (Å²) in [4.78, 5) is 29.1. The predicted octanol–water partition coefficient (Wildman–Crippen LogP) is 5.27. The highest BCUT2D eigenvalue weighted by molar-refractivity contribution is 7.17. The summed E-state index contributed by atoms with van der Waals surface area (Å²) in [6.07, 6.45) is 1.04. The molecule has 3 aromatic rings. The van der Waals surface area contributed by atoms with Crippen molar-refractivity contribution >= 4 is 34.7 Å². The molecule has 0 unspecified atom stereocenters. The number of anilines is 2. The zero-order valence-electron chi connectivity index (χ0n) is 15.6. The summed E-state index contributed by atoms with van der Waals surface area (Å²) in [6.45, 7) is 4.27. The zero-order valence-corrected chi connectivity index (χ0v) is 16.5. The summed E-state index contributed by atoms with van der Waals surface area (Å²) < 4.78 is 5.10. The van der Waals surface area contributed by atoms with E-state index in [1.54, 1.807) is 30.5 Å². The first-order valence-corrected chi connectivity index (χ1v) is 9.69. The van der Waals surface area contributed by atoms with E-state index in [9.17, 15) is 9.59 Å². The Morgan fingerprint density at radius 2 is 1.75 bits per heavy atom. The quantitative estimate of drug-likeness (QED) is 0.596. The van der Waals surface area contributed by atoms with Crippen molar-refractivity contribution in [2.24, 2.45) is 5.92 Å². The topological polar surface area (TPSA) is 80.3 Å². The van der Waals surface area contributed by atoms with Gasteiger partial charge in [-0.15, -0.1) is 11.3 Å². The summed E-state index contributed by atoms with van der Waals surface area (Å²) in [5.74, 6) is 0.00997. The minimum Gasteiger partial charge on any atom is -0.449 e. The largest absolute Gasteiger partial charge is 0.449 e. The Morgan fingerprint density at radius 3 is 2.46 bits per heavy atom. The van der Waals surface area contributed by atoms with Gasteiger partial charge in [-0.3, -0.25) is 10.1 Å². The Kier molecular flexibility index (Phi) is 6.39. The van der Waals surface area contributed by atoms with E-state index >= 15 is 0 Å². The van der Waals surface area contributed by atoms with E-state index in [0.717, 1.165) is 10.6 Å². The molecular weight excluding hydrogens is 374 g/mol. The number of ether oxygens (including phenoxy) is 1. The fourth-order valence-electron chi connectivity index (χ4n) is 2.36. The van der Waals surface area contributed by atoms with Gasteiger partial charge in [-0.05, 0) is 24.1 Å². The highest BCUT2D eigenvalue weighted by Crippen LogP contribution is 2.25. The van der Waals surface area contributed by atoms with E-state index < -0.39 is 6.09 Å². The maximum Gasteiger partial charge on any atom is 0.411 e. The van der Waals surface area contributed by atoms with Crippen LogP contribution in [-0.4, -0.2) is 23.6 Å². The molecule has 6 nitrogen and oxygen atoms in total. The van der Waals surface area contributed by atoms with Gasteiger partial charge >= 0.3 is 6.09 Å². The molecule has 1 aromatic heterocycles. The van der Waals surface area contributed by atoms with Crippen LogP contribution in [0.4, 0.5) is 16.2 Å². The second-order valence-corrected chi connectivity index (χ2v) is 7.58. The Hall–Kier alpha value is -3.19. The van der Waals surface area contributed by atoms with Crippen molar-refractivity contribution in [3.63, 3.8) is 0 Å². The maximum absolute atomic E-state index is 12.5. The SMILES string of the molecule is CC(C)COC(=O)Nc1cccc(NC(=O)c2cnc(-c3ccccc3)s2)c1. The molecule has 0 saturated carbocycles. The van der Waals surface area contributed by atoms with Crippen LogP contribution in [0.2, 0.25) is 0 Å². The molecule has 2 aromatic carbocycles. The van der Waals surface area contributed by atoms with Crippen LogP contribution < -0.4 is 10.6 Å². The summed E-state index contributed by atoms with van der Waals surface area (Å²) in [6, 6.07) is 16.6. The fraction of sp³-hybridized carbons (Fsp3) is 0.190. The number of carbonyl (C=O) groups excluding carboxylic acids is 2. The van der Waals surface area contributed by atoms with Gasteiger partial charge in [-0.2, -0.15) is 0 Å². The highest BCUT2D eigenvalue weighted by Gasteiger charge is 2.12. The van der Waals surface area contributed by atoms with Gasteiger partial charge in [0.2, 0.25) is 0 Å². The Balaban J connectivity index is 1.63. The molecule has 0 saturated heterocycles. The lowest BCUT2D eigenvalue weighted by molar-refractivity contribution is 0.103.